The van der Waals surface area contributed by atoms with Gasteiger partial charge in [0, 0.05) is 42.5 Å². The predicted molar refractivity (Wildman–Crippen MR) is 152 cm³/mol. The first-order chi connectivity index (χ1) is 19.1. The summed E-state index contributed by atoms with van der Waals surface area (Å²) in [5, 5.41) is -0.123. The zero-order valence-corrected chi connectivity index (χ0v) is 25.7. The second kappa shape index (κ2) is 12.2. The van der Waals surface area contributed by atoms with Gasteiger partial charge in [0.05, 0.1) is 43.6 Å². The molecule has 1 fully saturated rings. The molecule has 224 valence electrons. The molecular formula is C24H25BrClF3N4O6S2. The fraction of sp³-hybridized carbons (Fsp3) is 0.417. The highest BCUT2D eigenvalue weighted by Gasteiger charge is 2.34. The van der Waals surface area contributed by atoms with Crippen LogP contribution in [0.4, 0.5) is 13.2 Å². The molecule has 0 amide bonds. The zero-order chi connectivity index (χ0) is 30.3. The number of H-pyrrole nitrogens is 1. The van der Waals surface area contributed by atoms with Gasteiger partial charge in [-0.15, -0.1) is 13.2 Å². The van der Waals surface area contributed by atoms with Gasteiger partial charge in [0.1, 0.15) is 5.75 Å². The fourth-order valence-corrected chi connectivity index (χ4v) is 7.31. The molecule has 1 aliphatic rings. The average molecular weight is 702 g/mol. The fourth-order valence-electron chi connectivity index (χ4n) is 4.71. The maximum absolute atomic E-state index is 13.5. The molecule has 41 heavy (non-hydrogen) atoms. The van der Waals surface area contributed by atoms with Gasteiger partial charge >= 0.3 is 12.1 Å². The van der Waals surface area contributed by atoms with E-state index in [0.29, 0.717) is 24.1 Å². The zero-order valence-electron chi connectivity index (χ0n) is 21.7. The first-order valence-electron chi connectivity index (χ1n) is 12.2. The Morgan fingerprint density at radius 2 is 1.95 bits per heavy atom. The Balaban J connectivity index is 1.83. The van der Waals surface area contributed by atoms with Gasteiger partial charge < -0.3 is 9.72 Å². The number of alkyl halides is 3. The number of likely N-dealkylation sites (tertiary alicyclic amines) is 1. The van der Waals surface area contributed by atoms with Crippen LogP contribution in [0.3, 0.4) is 0 Å². The summed E-state index contributed by atoms with van der Waals surface area (Å²) in [7, 11) is -5.03. The van der Waals surface area contributed by atoms with Crippen LogP contribution in [0.1, 0.15) is 24.5 Å². The standard InChI is InChI=1S/C24H25BrClF3N4O6S2/c1-3-41(37,38)19-5-4-14(26)8-13(19)10-33-22(34)16-9-18(39-24(27,28)29)17(20(25)21(16)30-23(33)35)12-32-7-6-15(11-32)31-40(2)36/h4-5,8-9,15,31H,3,6-7,10-12H2,1-2H3,(H,30,35)/t15-,40?/m1/s1. The van der Waals surface area contributed by atoms with Crippen LogP contribution in [0.5, 0.6) is 5.75 Å². The number of sulfone groups is 1. The van der Waals surface area contributed by atoms with Gasteiger partial charge in [-0.25, -0.2) is 22.1 Å². The van der Waals surface area contributed by atoms with Crippen molar-refractivity contribution in [2.45, 2.75) is 43.7 Å². The van der Waals surface area contributed by atoms with E-state index in [-0.39, 0.29) is 54.8 Å². The van der Waals surface area contributed by atoms with Crippen LogP contribution in [-0.2, 0) is 33.9 Å². The van der Waals surface area contributed by atoms with E-state index in [2.05, 4.69) is 30.4 Å². The van der Waals surface area contributed by atoms with Crippen LogP contribution in [-0.4, -0.2) is 64.6 Å². The summed E-state index contributed by atoms with van der Waals surface area (Å²) in [4.78, 5) is 30.8. The number of nitrogens with one attached hydrogen (secondary N) is 2. The summed E-state index contributed by atoms with van der Waals surface area (Å²) in [6.45, 7) is 1.79. The lowest BCUT2D eigenvalue weighted by atomic mass is 10.1. The van der Waals surface area contributed by atoms with Gasteiger partial charge in [0.2, 0.25) is 0 Å². The summed E-state index contributed by atoms with van der Waals surface area (Å²) >= 11 is 9.32. The highest BCUT2D eigenvalue weighted by molar-refractivity contribution is 9.10. The normalized spacial score (nSPS) is 17.3. The average Bonchev–Trinajstić information content (AvgIpc) is 3.30. The van der Waals surface area contributed by atoms with Gasteiger partial charge in [-0.1, -0.05) is 18.5 Å². The second-order valence-electron chi connectivity index (χ2n) is 9.41. The third kappa shape index (κ3) is 7.22. The largest absolute Gasteiger partial charge is 0.573 e. The van der Waals surface area contributed by atoms with E-state index in [4.69, 9.17) is 11.6 Å². The third-order valence-electron chi connectivity index (χ3n) is 6.56. The molecule has 10 nitrogen and oxygen atoms in total. The van der Waals surface area contributed by atoms with Crippen LogP contribution in [0.2, 0.25) is 5.02 Å². The van der Waals surface area contributed by atoms with Crippen molar-refractivity contribution in [1.82, 2.24) is 19.2 Å². The number of benzene rings is 2. The molecule has 2 aromatic carbocycles. The second-order valence-corrected chi connectivity index (χ2v) is 14.0. The van der Waals surface area contributed by atoms with Gasteiger partial charge in [-0.3, -0.25) is 14.3 Å². The molecule has 1 unspecified atom stereocenters. The number of aromatic nitrogens is 2. The van der Waals surface area contributed by atoms with Crippen molar-refractivity contribution < 1.29 is 30.5 Å². The smallest absolute Gasteiger partial charge is 0.405 e. The Morgan fingerprint density at radius 1 is 1.24 bits per heavy atom. The molecule has 4 rings (SSSR count). The molecule has 0 radical (unpaired) electrons. The van der Waals surface area contributed by atoms with E-state index in [0.717, 1.165) is 6.07 Å². The van der Waals surface area contributed by atoms with Crippen LogP contribution >= 0.6 is 27.5 Å². The van der Waals surface area contributed by atoms with Crippen molar-refractivity contribution in [3.05, 3.63) is 65.7 Å². The molecule has 1 aliphatic heterocycles. The molecule has 1 saturated heterocycles. The molecule has 1 aromatic heterocycles. The van der Waals surface area contributed by atoms with Gasteiger partial charge in [0.25, 0.3) is 5.56 Å². The summed E-state index contributed by atoms with van der Waals surface area (Å²) in [6.07, 6.45) is -2.99. The first-order valence-corrected chi connectivity index (χ1v) is 16.5. The number of halogens is 5. The molecule has 17 heteroatoms. The Morgan fingerprint density at radius 3 is 2.59 bits per heavy atom. The van der Waals surface area contributed by atoms with E-state index in [1.165, 1.54) is 31.4 Å². The van der Waals surface area contributed by atoms with Crippen LogP contribution in [0.15, 0.2) is 43.2 Å². The quantitative estimate of drug-likeness (QED) is 0.350. The summed E-state index contributed by atoms with van der Waals surface area (Å²) < 4.78 is 84.9. The monoisotopic (exact) mass is 700 g/mol. The Kier molecular flexibility index (Phi) is 9.40. The van der Waals surface area contributed by atoms with Gasteiger partial charge in [-0.2, -0.15) is 0 Å². The molecular weight excluding hydrogens is 677 g/mol. The van der Waals surface area contributed by atoms with E-state index in [1.807, 2.05) is 4.90 Å². The van der Waals surface area contributed by atoms with Crippen molar-refractivity contribution in [1.29, 1.82) is 0 Å². The number of ether oxygens (including phenoxy) is 1. The number of hydrogen-bond acceptors (Lipinski definition) is 7. The Hall–Kier alpha value is -2.24. The molecule has 0 aliphatic carbocycles. The number of rotatable bonds is 9. The lowest BCUT2D eigenvalue weighted by Crippen LogP contribution is -2.36. The van der Waals surface area contributed by atoms with Gasteiger partial charge in [-0.05, 0) is 52.2 Å². The highest BCUT2D eigenvalue weighted by atomic mass is 79.9. The Labute approximate surface area is 248 Å². The third-order valence-corrected chi connectivity index (χ3v) is 10.2. The summed E-state index contributed by atoms with van der Waals surface area (Å²) in [5.74, 6) is -0.886. The maximum Gasteiger partial charge on any atom is 0.573 e. The van der Waals surface area contributed by atoms with Crippen LogP contribution in [0, 0.1) is 0 Å². The minimum Gasteiger partial charge on any atom is -0.405 e. The van der Waals surface area contributed by atoms with Crippen molar-refractivity contribution in [2.75, 3.05) is 25.1 Å². The molecule has 3 aromatic rings. The van der Waals surface area contributed by atoms with Crippen LogP contribution in [0.25, 0.3) is 10.9 Å². The minimum atomic E-state index is -5.08. The van der Waals surface area contributed by atoms with E-state index in [1.54, 1.807) is 0 Å². The lowest BCUT2D eigenvalue weighted by Gasteiger charge is -2.21. The summed E-state index contributed by atoms with van der Waals surface area (Å²) in [6, 6.07) is 4.72. The van der Waals surface area contributed by atoms with Crippen molar-refractivity contribution in [3.8, 4) is 5.75 Å². The van der Waals surface area contributed by atoms with Gasteiger partial charge in [0.15, 0.2) is 9.84 Å². The molecule has 0 spiro atoms. The van der Waals surface area contributed by atoms with E-state index >= 15 is 0 Å². The number of aromatic amines is 1. The molecule has 2 atom stereocenters. The SMILES string of the molecule is CCS(=O)(=O)c1ccc(Cl)cc1Cn1c(=O)[nH]c2c(Br)c(CN3CC[C@@H](NS(C)=O)C3)c(OC(F)(F)F)cc2c1=O. The Bertz CT molecular complexity index is 1750. The lowest BCUT2D eigenvalue weighted by molar-refractivity contribution is -0.275. The van der Waals surface area contributed by atoms with Crippen molar-refractivity contribution in [3.63, 3.8) is 0 Å². The highest BCUT2D eigenvalue weighted by Crippen LogP contribution is 2.37. The number of nitrogens with zero attached hydrogens (tertiary/aromatic N) is 2. The number of fused-ring (bicyclic) bond motifs is 1. The predicted octanol–water partition coefficient (Wildman–Crippen LogP) is 3.30. The van der Waals surface area contributed by atoms with Crippen molar-refractivity contribution >= 4 is 59.3 Å². The molecule has 0 saturated carbocycles. The molecule has 0 bridgehead atoms. The first kappa shape index (κ1) is 31.7. The minimum absolute atomic E-state index is 0.0255. The topological polar surface area (TPSA) is 131 Å². The van der Waals surface area contributed by atoms with E-state index in [9.17, 15) is 35.4 Å². The molecule has 2 heterocycles. The summed E-state index contributed by atoms with van der Waals surface area (Å²) in [5.41, 5.74) is -1.80. The van der Waals surface area contributed by atoms with Crippen molar-refractivity contribution in [2.24, 2.45) is 0 Å². The van der Waals surface area contributed by atoms with Crippen LogP contribution < -0.4 is 20.7 Å². The molecule has 2 N–H and O–H groups in total. The number of hydrogen-bond donors (Lipinski definition) is 2. The maximum atomic E-state index is 13.5. The van der Waals surface area contributed by atoms with E-state index < -0.39 is 50.7 Å².